The largest absolute Gasteiger partial charge is 0.385 e. The zero-order valence-electron chi connectivity index (χ0n) is 46.9. The lowest BCUT2D eigenvalue weighted by atomic mass is 9.73. The fraction of sp³-hybridized carbons (Fsp3) is 0.661. The number of nitrogens with one attached hydrogen (secondary N) is 3. The quantitative estimate of drug-likeness (QED) is 0.100. The van der Waals surface area contributed by atoms with Crippen molar-refractivity contribution in [3.8, 4) is 0 Å². The van der Waals surface area contributed by atoms with E-state index in [9.17, 15) is 28.8 Å². The zero-order chi connectivity index (χ0) is 56.7. The van der Waals surface area contributed by atoms with Crippen molar-refractivity contribution in [2.75, 3.05) is 131 Å². The first-order valence-corrected chi connectivity index (χ1v) is 28.3. The van der Waals surface area contributed by atoms with Crippen LogP contribution < -0.4 is 20.9 Å². The number of carbonyl (C=O) groups excluding carboxylic acids is 6. The minimum Gasteiger partial charge on any atom is -0.385 e. The van der Waals surface area contributed by atoms with Crippen molar-refractivity contribution < 1.29 is 61.2 Å². The summed E-state index contributed by atoms with van der Waals surface area (Å²) >= 11 is 0. The molecule has 80 heavy (non-hydrogen) atoms. The molecule has 1 aromatic heterocycles. The number of anilines is 1. The molecule has 3 N–H and O–H groups in total. The number of nitrogens with zero attached hydrogens (tertiary/aromatic N) is 8. The van der Waals surface area contributed by atoms with Gasteiger partial charge in [0, 0.05) is 108 Å². The number of likely N-dealkylation sites (tertiary alicyclic amines) is 2. The van der Waals surface area contributed by atoms with Crippen molar-refractivity contribution in [1.29, 1.82) is 0 Å². The maximum Gasteiger partial charge on any atom is 0.317 e. The Morgan fingerprint density at radius 3 is 2.16 bits per heavy atom. The molecule has 8 aliphatic rings. The van der Waals surface area contributed by atoms with Gasteiger partial charge < -0.3 is 54.0 Å². The predicted octanol–water partition coefficient (Wildman–Crippen LogP) is 3.04. The summed E-state index contributed by atoms with van der Waals surface area (Å²) < 4.78 is 60.8. The SMILES string of the molecule is CNC(=O)N1CCc2c(c(N3CCCC4=C3C(C)C(C(F)F)C(C3=CN(C)N(C)C3)=C4)nn2C2CCN(C(=O)CCOCCOCCOCCOCCOCCNC3=CC=CC4C(=O)N(C5CCC(=O)NC5=O)C(=O)C34C)CC2)C1. The molecule has 22 nitrogen and oxygen atoms in total. The van der Waals surface area contributed by atoms with Crippen LogP contribution in [0.2, 0.25) is 0 Å². The first kappa shape index (κ1) is 58.6. The number of hydrazine groups is 1. The number of aromatic nitrogens is 2. The van der Waals surface area contributed by atoms with Crippen LogP contribution in [-0.4, -0.2) is 209 Å². The number of imide groups is 2. The van der Waals surface area contributed by atoms with Crippen LogP contribution in [-0.2, 0) is 60.6 Å². The van der Waals surface area contributed by atoms with E-state index in [1.54, 1.807) is 37.1 Å². The number of amides is 7. The summed E-state index contributed by atoms with van der Waals surface area (Å²) in [6.07, 6.45) is 10.7. The number of alkyl halides is 2. The summed E-state index contributed by atoms with van der Waals surface area (Å²) in [6, 6.07) is -1.14. The number of hydrogen-bond donors (Lipinski definition) is 3. The number of ether oxygens (including phenoxy) is 5. The van der Waals surface area contributed by atoms with Crippen LogP contribution in [0, 0.1) is 23.2 Å². The third kappa shape index (κ3) is 12.4. The summed E-state index contributed by atoms with van der Waals surface area (Å²) in [4.78, 5) is 84.3. The van der Waals surface area contributed by atoms with Crippen molar-refractivity contribution in [3.63, 3.8) is 0 Å². The van der Waals surface area contributed by atoms with Gasteiger partial charge in [0.25, 0.3) is 0 Å². The number of likely N-dealkylation sites (N-methyl/N-ethyl adjacent to an activating group) is 1. The monoisotopic (exact) mass is 1120 g/mol. The Morgan fingerprint density at radius 1 is 0.850 bits per heavy atom. The minimum atomic E-state index is -2.55. The standard InChI is InChI=1S/C56H79F2N11O11/c1-36-48(50(57)58)40(38-33-63(4)64(5)34-38)32-37-8-7-18-67(49(36)37)51-41-35-66(55(75)59-3)21-15-43(41)69(62-51)39-13-19-65(20-14-39)47(71)16-22-76-24-26-78-28-30-80-31-29-79-27-25-77-23-17-60-45-10-6-9-42-53(73)68(54(74)56(42,45)2)44-11-12-46(70)61-52(44)72/h6,9-10,32-33,36,39,42,44,48,50,60H,7-8,11-31,34-35H2,1-5H3,(H,59,75)(H,61,70,72). The lowest BCUT2D eigenvalue weighted by Gasteiger charge is -2.42. The number of rotatable bonds is 24. The molecule has 7 heterocycles. The van der Waals surface area contributed by atoms with E-state index in [-0.39, 0.29) is 43.8 Å². The van der Waals surface area contributed by atoms with Gasteiger partial charge in [0.1, 0.15) is 11.5 Å². The average molecular weight is 1120 g/mol. The molecule has 0 radical (unpaired) electrons. The van der Waals surface area contributed by atoms with Crippen LogP contribution in [0.25, 0.3) is 0 Å². The predicted molar refractivity (Wildman–Crippen MR) is 288 cm³/mol. The Morgan fingerprint density at radius 2 is 1.52 bits per heavy atom. The molecule has 0 bridgehead atoms. The molecule has 2 aliphatic carbocycles. The molecule has 0 spiro atoms. The maximum absolute atomic E-state index is 15.2. The number of carbonyl (C=O) groups is 6. The third-order valence-electron chi connectivity index (χ3n) is 17.0. The number of hydrogen-bond acceptors (Lipinski definition) is 16. The van der Waals surface area contributed by atoms with Gasteiger partial charge in [-0.3, -0.25) is 38.9 Å². The number of urea groups is 1. The summed E-state index contributed by atoms with van der Waals surface area (Å²) in [5.74, 6) is -3.39. The Bertz CT molecular complexity index is 2650. The number of fused-ring (bicyclic) bond motifs is 2. The highest BCUT2D eigenvalue weighted by Gasteiger charge is 2.61. The van der Waals surface area contributed by atoms with Crippen LogP contribution in [0.3, 0.4) is 0 Å². The van der Waals surface area contributed by atoms with Crippen LogP contribution >= 0.6 is 0 Å². The normalized spacial score (nSPS) is 25.5. The molecule has 24 heteroatoms. The van der Waals surface area contributed by atoms with Crippen molar-refractivity contribution in [1.82, 2.24) is 50.4 Å². The van der Waals surface area contributed by atoms with E-state index in [2.05, 4.69) is 25.5 Å². The van der Waals surface area contributed by atoms with E-state index in [0.29, 0.717) is 136 Å². The Hall–Kier alpha value is -6.05. The topological polar surface area (TPSA) is 222 Å². The second-order valence-electron chi connectivity index (χ2n) is 21.9. The Labute approximate surface area is 466 Å². The molecule has 5 atom stereocenters. The highest BCUT2D eigenvalue weighted by atomic mass is 19.3. The fourth-order valence-corrected chi connectivity index (χ4v) is 12.6. The molecule has 6 aliphatic heterocycles. The van der Waals surface area contributed by atoms with Crippen molar-refractivity contribution >= 4 is 41.4 Å². The van der Waals surface area contributed by atoms with Gasteiger partial charge >= 0.3 is 6.03 Å². The van der Waals surface area contributed by atoms with Crippen LogP contribution in [0.15, 0.2) is 58.6 Å². The smallest absolute Gasteiger partial charge is 0.317 e. The maximum atomic E-state index is 15.2. The number of allylic oxidation sites excluding steroid dienone is 5. The van der Waals surface area contributed by atoms with Crippen molar-refractivity contribution in [3.05, 3.63) is 69.9 Å². The molecular formula is C56H79F2N11O11. The third-order valence-corrected chi connectivity index (χ3v) is 17.0. The van der Waals surface area contributed by atoms with Gasteiger partial charge in [-0.2, -0.15) is 5.10 Å². The highest BCUT2D eigenvalue weighted by Crippen LogP contribution is 2.49. The van der Waals surface area contributed by atoms with E-state index in [1.165, 1.54) is 0 Å². The lowest BCUT2D eigenvalue weighted by molar-refractivity contribution is -0.152. The van der Waals surface area contributed by atoms with Crippen molar-refractivity contribution in [2.24, 2.45) is 23.2 Å². The molecule has 7 amide bonds. The van der Waals surface area contributed by atoms with Crippen LogP contribution in [0.4, 0.5) is 19.4 Å². The average Bonchev–Trinajstić information content (AvgIpc) is 4.23. The molecule has 3 fully saturated rings. The van der Waals surface area contributed by atoms with Gasteiger partial charge in [-0.1, -0.05) is 25.2 Å². The first-order valence-electron chi connectivity index (χ1n) is 28.3. The second-order valence-corrected chi connectivity index (χ2v) is 21.9. The highest BCUT2D eigenvalue weighted by molar-refractivity contribution is 6.14. The van der Waals surface area contributed by atoms with E-state index >= 15 is 8.78 Å². The van der Waals surface area contributed by atoms with Crippen LogP contribution in [0.1, 0.15) is 76.1 Å². The van der Waals surface area contributed by atoms with E-state index in [4.69, 9.17) is 28.8 Å². The van der Waals surface area contributed by atoms with Gasteiger partial charge in [0.2, 0.25) is 36.0 Å². The Balaban J connectivity index is 0.640. The van der Waals surface area contributed by atoms with Gasteiger partial charge in [-0.25, -0.2) is 18.6 Å². The summed E-state index contributed by atoms with van der Waals surface area (Å²) in [6.45, 7) is 10.8. The minimum absolute atomic E-state index is 0.0303. The molecule has 1 aromatic rings. The van der Waals surface area contributed by atoms with Gasteiger partial charge in [-0.05, 0) is 61.8 Å². The number of piperidine rings is 2. The zero-order valence-corrected chi connectivity index (χ0v) is 46.9. The molecule has 9 rings (SSSR count). The van der Waals surface area contributed by atoms with Crippen LogP contribution in [0.5, 0.6) is 0 Å². The van der Waals surface area contributed by atoms with Gasteiger partial charge in [-0.15, -0.1) is 0 Å². The molecule has 0 aromatic carbocycles. The van der Waals surface area contributed by atoms with E-state index in [0.717, 1.165) is 51.7 Å². The first-order chi connectivity index (χ1) is 38.6. The summed E-state index contributed by atoms with van der Waals surface area (Å²) in [7, 11) is 5.51. The summed E-state index contributed by atoms with van der Waals surface area (Å²) in [5.41, 5.74) is 5.00. The lowest BCUT2D eigenvalue weighted by Crippen LogP contribution is -2.55. The van der Waals surface area contributed by atoms with Crippen molar-refractivity contribution in [2.45, 2.75) is 90.3 Å². The Kier molecular flexibility index (Phi) is 19.2. The van der Waals surface area contributed by atoms with Gasteiger partial charge in [0.15, 0.2) is 5.82 Å². The van der Waals surface area contributed by atoms with Gasteiger partial charge in [0.05, 0.1) is 96.9 Å². The van der Waals surface area contributed by atoms with E-state index in [1.807, 2.05) is 48.2 Å². The molecule has 0 saturated carbocycles. The summed E-state index contributed by atoms with van der Waals surface area (Å²) in [5, 5.41) is 17.5. The number of halogens is 2. The molecule has 3 saturated heterocycles. The molecule has 5 unspecified atom stereocenters. The molecular weight excluding hydrogens is 1040 g/mol. The van der Waals surface area contributed by atoms with E-state index < -0.39 is 59.3 Å². The fourth-order valence-electron chi connectivity index (χ4n) is 12.6. The molecule has 438 valence electrons. The second kappa shape index (κ2) is 26.2.